The first-order chi connectivity index (χ1) is 6.83. The second kappa shape index (κ2) is 7.07. The van der Waals surface area contributed by atoms with E-state index in [0.29, 0.717) is 24.8 Å². The van der Waals surface area contributed by atoms with Gasteiger partial charge < -0.3 is 10.1 Å². The lowest BCUT2D eigenvalue weighted by Crippen LogP contribution is -2.30. The highest BCUT2D eigenvalue weighted by Gasteiger charge is 2.14. The highest BCUT2D eigenvalue weighted by atomic mass is 35.5. The molecule has 1 saturated heterocycles. The van der Waals surface area contributed by atoms with Gasteiger partial charge in [-0.2, -0.15) is 0 Å². The molecule has 0 spiro atoms. The van der Waals surface area contributed by atoms with Crippen molar-refractivity contribution in [3.8, 4) is 0 Å². The van der Waals surface area contributed by atoms with Crippen molar-refractivity contribution in [1.29, 1.82) is 0 Å². The van der Waals surface area contributed by atoms with E-state index in [-0.39, 0.29) is 5.97 Å². The zero-order valence-corrected chi connectivity index (χ0v) is 9.18. The normalized spacial score (nSPS) is 21.9. The monoisotopic (exact) mass is 219 g/mol. The van der Waals surface area contributed by atoms with Gasteiger partial charge in [-0.1, -0.05) is 0 Å². The Morgan fingerprint density at radius 2 is 2.43 bits per heavy atom. The van der Waals surface area contributed by atoms with E-state index in [9.17, 15) is 4.79 Å². The maximum absolute atomic E-state index is 11.1. The van der Waals surface area contributed by atoms with Gasteiger partial charge >= 0.3 is 5.97 Å². The van der Waals surface area contributed by atoms with Crippen LogP contribution in [0.15, 0.2) is 0 Å². The smallest absolute Gasteiger partial charge is 0.305 e. The van der Waals surface area contributed by atoms with Crippen molar-refractivity contribution in [2.45, 2.75) is 25.7 Å². The molecule has 1 N–H and O–H groups in total. The molecule has 1 aliphatic heterocycles. The summed E-state index contributed by atoms with van der Waals surface area (Å²) >= 11 is 5.41. The van der Waals surface area contributed by atoms with E-state index in [1.54, 1.807) is 0 Å². The number of halogens is 1. The molecular weight excluding hydrogens is 202 g/mol. The molecule has 82 valence electrons. The molecule has 0 aromatic carbocycles. The van der Waals surface area contributed by atoms with Crippen molar-refractivity contribution in [3.05, 3.63) is 0 Å². The molecule has 1 heterocycles. The minimum atomic E-state index is -0.115. The lowest BCUT2D eigenvalue weighted by atomic mass is 9.95. The third-order valence-corrected chi connectivity index (χ3v) is 2.65. The summed E-state index contributed by atoms with van der Waals surface area (Å²) in [5, 5.41) is 3.33. The molecule has 1 fully saturated rings. The fourth-order valence-electron chi connectivity index (χ4n) is 1.72. The van der Waals surface area contributed by atoms with Gasteiger partial charge in [-0.25, -0.2) is 0 Å². The molecule has 1 aliphatic rings. The Balaban J connectivity index is 2.03. The van der Waals surface area contributed by atoms with Gasteiger partial charge in [0.05, 0.1) is 5.88 Å². The maximum atomic E-state index is 11.1. The Kier molecular flexibility index (Phi) is 5.96. The number of hydrogen-bond acceptors (Lipinski definition) is 3. The molecule has 0 radical (unpaired) electrons. The van der Waals surface area contributed by atoms with E-state index in [2.05, 4.69) is 5.32 Å². The summed E-state index contributed by atoms with van der Waals surface area (Å²) < 4.78 is 4.89. The Morgan fingerprint density at radius 1 is 1.57 bits per heavy atom. The predicted octanol–water partition coefficient (Wildman–Crippen LogP) is 1.55. The third kappa shape index (κ3) is 4.82. The minimum Gasteiger partial charge on any atom is -0.464 e. The number of carbonyl (C=O) groups is 1. The van der Waals surface area contributed by atoms with Crippen LogP contribution in [-0.2, 0) is 9.53 Å². The van der Waals surface area contributed by atoms with Crippen molar-refractivity contribution in [2.24, 2.45) is 5.92 Å². The van der Waals surface area contributed by atoms with Crippen LogP contribution in [0.5, 0.6) is 0 Å². The van der Waals surface area contributed by atoms with Crippen LogP contribution < -0.4 is 5.32 Å². The Labute approximate surface area is 90.1 Å². The first kappa shape index (κ1) is 11.8. The lowest BCUT2D eigenvalue weighted by Gasteiger charge is -2.22. The van der Waals surface area contributed by atoms with Gasteiger partial charge in [0.25, 0.3) is 0 Å². The Hall–Kier alpha value is -0.280. The van der Waals surface area contributed by atoms with Gasteiger partial charge in [0, 0.05) is 6.42 Å². The number of alkyl halides is 1. The SMILES string of the molecule is O=C(CCC1CCCNC1)OCCCl. The van der Waals surface area contributed by atoms with Gasteiger partial charge in [0.1, 0.15) is 6.61 Å². The second-order valence-electron chi connectivity index (χ2n) is 3.66. The fourth-order valence-corrected chi connectivity index (χ4v) is 1.79. The van der Waals surface area contributed by atoms with Crippen LogP contribution in [0.25, 0.3) is 0 Å². The molecule has 1 unspecified atom stereocenters. The van der Waals surface area contributed by atoms with E-state index in [4.69, 9.17) is 16.3 Å². The molecule has 3 nitrogen and oxygen atoms in total. The van der Waals surface area contributed by atoms with E-state index in [1.165, 1.54) is 12.8 Å². The number of nitrogens with one attached hydrogen (secondary N) is 1. The van der Waals surface area contributed by atoms with Crippen LogP contribution in [0.1, 0.15) is 25.7 Å². The lowest BCUT2D eigenvalue weighted by molar-refractivity contribution is -0.143. The molecule has 14 heavy (non-hydrogen) atoms. The van der Waals surface area contributed by atoms with E-state index in [1.807, 2.05) is 0 Å². The second-order valence-corrected chi connectivity index (χ2v) is 4.04. The number of piperidine rings is 1. The number of ether oxygens (including phenoxy) is 1. The fraction of sp³-hybridized carbons (Fsp3) is 0.900. The first-order valence-electron chi connectivity index (χ1n) is 5.25. The average molecular weight is 220 g/mol. The summed E-state index contributed by atoms with van der Waals surface area (Å²) in [4.78, 5) is 11.1. The van der Waals surface area contributed by atoms with Crippen LogP contribution in [0.2, 0.25) is 0 Å². The third-order valence-electron chi connectivity index (χ3n) is 2.50. The predicted molar refractivity (Wildman–Crippen MR) is 56.5 cm³/mol. The summed E-state index contributed by atoms with van der Waals surface area (Å²) in [5.41, 5.74) is 0. The van der Waals surface area contributed by atoms with Crippen LogP contribution in [-0.4, -0.2) is 31.5 Å². The minimum absolute atomic E-state index is 0.115. The molecule has 4 heteroatoms. The standard InChI is InChI=1S/C10H18ClNO2/c11-5-7-14-10(13)4-3-9-2-1-6-12-8-9/h9,12H,1-8H2. The topological polar surface area (TPSA) is 38.3 Å². The number of hydrogen-bond donors (Lipinski definition) is 1. The summed E-state index contributed by atoms with van der Waals surface area (Å²) in [5.74, 6) is 0.917. The van der Waals surface area contributed by atoms with Gasteiger partial charge in [-0.3, -0.25) is 4.79 Å². The van der Waals surface area contributed by atoms with Crippen molar-refractivity contribution in [1.82, 2.24) is 5.32 Å². The van der Waals surface area contributed by atoms with Crippen LogP contribution in [0.3, 0.4) is 0 Å². The number of rotatable bonds is 5. The summed E-state index contributed by atoms with van der Waals surface area (Å²) in [7, 11) is 0. The maximum Gasteiger partial charge on any atom is 0.305 e. The molecule has 0 aromatic heterocycles. The first-order valence-corrected chi connectivity index (χ1v) is 5.78. The molecule has 0 saturated carbocycles. The largest absolute Gasteiger partial charge is 0.464 e. The van der Waals surface area contributed by atoms with Crippen molar-refractivity contribution in [3.63, 3.8) is 0 Å². The van der Waals surface area contributed by atoms with E-state index < -0.39 is 0 Å². The van der Waals surface area contributed by atoms with Gasteiger partial charge in [0.2, 0.25) is 0 Å². The van der Waals surface area contributed by atoms with Crippen LogP contribution in [0, 0.1) is 5.92 Å². The molecule has 0 bridgehead atoms. The highest BCUT2D eigenvalue weighted by molar-refractivity contribution is 6.18. The Bertz CT molecular complexity index is 170. The molecule has 0 aliphatic carbocycles. The van der Waals surface area contributed by atoms with Gasteiger partial charge in [0.15, 0.2) is 0 Å². The van der Waals surface area contributed by atoms with Crippen LogP contribution >= 0.6 is 11.6 Å². The summed E-state index contributed by atoms with van der Waals surface area (Å²) in [6, 6.07) is 0. The molecular formula is C10H18ClNO2. The van der Waals surface area contributed by atoms with Crippen molar-refractivity contribution < 1.29 is 9.53 Å². The van der Waals surface area contributed by atoms with Gasteiger partial charge in [-0.15, -0.1) is 11.6 Å². The number of carbonyl (C=O) groups excluding carboxylic acids is 1. The zero-order valence-electron chi connectivity index (χ0n) is 8.43. The quantitative estimate of drug-likeness (QED) is 0.563. The summed E-state index contributed by atoms with van der Waals surface area (Å²) in [6.07, 6.45) is 3.93. The Morgan fingerprint density at radius 3 is 3.07 bits per heavy atom. The molecule has 0 aromatic rings. The van der Waals surface area contributed by atoms with Crippen LogP contribution in [0.4, 0.5) is 0 Å². The van der Waals surface area contributed by atoms with E-state index in [0.717, 1.165) is 19.5 Å². The van der Waals surface area contributed by atoms with E-state index >= 15 is 0 Å². The highest BCUT2D eigenvalue weighted by Crippen LogP contribution is 2.15. The average Bonchev–Trinajstić information content (AvgIpc) is 2.25. The number of esters is 1. The van der Waals surface area contributed by atoms with Crippen molar-refractivity contribution >= 4 is 17.6 Å². The summed E-state index contributed by atoms with van der Waals surface area (Å²) in [6.45, 7) is 2.50. The molecule has 0 amide bonds. The molecule has 1 rings (SSSR count). The van der Waals surface area contributed by atoms with Crippen molar-refractivity contribution in [2.75, 3.05) is 25.6 Å². The van der Waals surface area contributed by atoms with Gasteiger partial charge in [-0.05, 0) is 38.3 Å². The molecule has 1 atom stereocenters. The zero-order chi connectivity index (χ0) is 10.2.